The Morgan fingerprint density at radius 1 is 1.53 bits per heavy atom. The maximum absolute atomic E-state index is 11.3. The van der Waals surface area contributed by atoms with Gasteiger partial charge in [0.1, 0.15) is 0 Å². The van der Waals surface area contributed by atoms with Crippen molar-refractivity contribution in [1.29, 1.82) is 0 Å². The second kappa shape index (κ2) is 5.72. The molecule has 4 N–H and O–H groups in total. The summed E-state index contributed by atoms with van der Waals surface area (Å²) in [6.07, 6.45) is 0. The number of urea groups is 1. The highest BCUT2D eigenvalue weighted by Gasteiger charge is 2.03. The number of carbonyl (C=O) groups is 1. The lowest BCUT2D eigenvalue weighted by Crippen LogP contribution is -2.33. The van der Waals surface area contributed by atoms with Gasteiger partial charge >= 0.3 is 6.03 Å². The minimum absolute atomic E-state index is 0.235. The van der Waals surface area contributed by atoms with Gasteiger partial charge in [0.05, 0.1) is 0 Å². The number of hydrogen-bond donors (Lipinski definition) is 3. The summed E-state index contributed by atoms with van der Waals surface area (Å²) < 4.78 is 0.933. The first-order chi connectivity index (χ1) is 7.13. The topological polar surface area (TPSA) is 67.2 Å². The number of nitrogens with two attached hydrogens (primary N) is 1. The Bertz CT molecular complexity index is 355. The van der Waals surface area contributed by atoms with Crippen molar-refractivity contribution in [3.8, 4) is 0 Å². The molecule has 0 saturated heterocycles. The fourth-order valence-corrected chi connectivity index (χ4v) is 1.44. The van der Waals surface area contributed by atoms with Crippen LogP contribution in [0.4, 0.5) is 10.5 Å². The predicted octanol–water partition coefficient (Wildman–Crippen LogP) is 1.84. The number of benzene rings is 1. The Labute approximate surface area is 97.4 Å². The fraction of sp³-hybridized carbons (Fsp3) is 0.300. The van der Waals surface area contributed by atoms with Crippen LogP contribution in [0.25, 0.3) is 0 Å². The first-order valence-corrected chi connectivity index (χ1v) is 5.44. The molecule has 1 aromatic rings. The minimum atomic E-state index is -0.235. The Kier molecular flexibility index (Phi) is 4.58. The third kappa shape index (κ3) is 3.89. The first kappa shape index (κ1) is 12.0. The van der Waals surface area contributed by atoms with Crippen molar-refractivity contribution in [2.24, 2.45) is 5.73 Å². The molecule has 0 spiro atoms. The van der Waals surface area contributed by atoms with Crippen LogP contribution in [0.3, 0.4) is 0 Å². The third-order valence-electron chi connectivity index (χ3n) is 1.88. The molecule has 0 bridgehead atoms. The highest BCUT2D eigenvalue weighted by molar-refractivity contribution is 9.10. The number of anilines is 1. The van der Waals surface area contributed by atoms with Gasteiger partial charge in [0.25, 0.3) is 0 Å². The molecule has 1 aromatic carbocycles. The summed E-state index contributed by atoms with van der Waals surface area (Å²) in [6.45, 7) is 2.84. The number of rotatable bonds is 3. The summed E-state index contributed by atoms with van der Waals surface area (Å²) in [5.74, 6) is 0. The van der Waals surface area contributed by atoms with E-state index in [1.807, 2.05) is 25.1 Å². The van der Waals surface area contributed by atoms with Gasteiger partial charge in [-0.25, -0.2) is 4.79 Å². The van der Waals surface area contributed by atoms with Gasteiger partial charge in [0.2, 0.25) is 0 Å². The van der Waals surface area contributed by atoms with Gasteiger partial charge in [0.15, 0.2) is 0 Å². The molecule has 0 fully saturated rings. The molecule has 2 amide bonds. The zero-order valence-corrected chi connectivity index (χ0v) is 10.1. The molecular formula is C10H14BrN3O. The summed E-state index contributed by atoms with van der Waals surface area (Å²) in [5.41, 5.74) is 7.08. The van der Waals surface area contributed by atoms with E-state index in [1.165, 1.54) is 0 Å². The molecule has 4 nitrogen and oxygen atoms in total. The van der Waals surface area contributed by atoms with Crippen molar-refractivity contribution in [3.05, 3.63) is 28.2 Å². The van der Waals surface area contributed by atoms with Crippen molar-refractivity contribution in [2.75, 3.05) is 18.4 Å². The van der Waals surface area contributed by atoms with Crippen LogP contribution in [-0.4, -0.2) is 19.1 Å². The zero-order valence-electron chi connectivity index (χ0n) is 8.51. The Balaban J connectivity index is 2.63. The Hall–Kier alpha value is -1.07. The van der Waals surface area contributed by atoms with Gasteiger partial charge < -0.3 is 16.4 Å². The van der Waals surface area contributed by atoms with E-state index >= 15 is 0 Å². The van der Waals surface area contributed by atoms with Crippen LogP contribution in [0.5, 0.6) is 0 Å². The van der Waals surface area contributed by atoms with Crippen LogP contribution in [0.15, 0.2) is 22.7 Å². The van der Waals surface area contributed by atoms with Gasteiger partial charge in [-0.15, -0.1) is 0 Å². The first-order valence-electron chi connectivity index (χ1n) is 4.64. The Morgan fingerprint density at radius 3 is 2.93 bits per heavy atom. The standard InChI is InChI=1S/C10H14BrN3O/c1-7-2-3-8(11)6-9(7)14-10(15)13-5-4-12/h2-3,6H,4-5,12H2,1H3,(H2,13,14,15). The van der Waals surface area contributed by atoms with Crippen LogP contribution in [0, 0.1) is 6.92 Å². The number of carbonyl (C=O) groups excluding carboxylic acids is 1. The van der Waals surface area contributed by atoms with Gasteiger partial charge in [-0.2, -0.15) is 0 Å². The molecule has 0 aliphatic heterocycles. The molecule has 1 rings (SSSR count). The van der Waals surface area contributed by atoms with E-state index in [0.29, 0.717) is 13.1 Å². The molecule has 0 atom stereocenters. The van der Waals surface area contributed by atoms with Crippen LogP contribution < -0.4 is 16.4 Å². The lowest BCUT2D eigenvalue weighted by molar-refractivity contribution is 0.252. The Morgan fingerprint density at radius 2 is 2.27 bits per heavy atom. The molecular weight excluding hydrogens is 258 g/mol. The van der Waals surface area contributed by atoms with Crippen molar-refractivity contribution < 1.29 is 4.79 Å². The van der Waals surface area contributed by atoms with E-state index in [0.717, 1.165) is 15.7 Å². The number of halogens is 1. The maximum atomic E-state index is 11.3. The number of amides is 2. The summed E-state index contributed by atoms with van der Waals surface area (Å²) in [7, 11) is 0. The molecule has 0 aliphatic rings. The molecule has 0 saturated carbocycles. The lowest BCUT2D eigenvalue weighted by Gasteiger charge is -2.09. The summed E-state index contributed by atoms with van der Waals surface area (Å²) in [4.78, 5) is 11.3. The minimum Gasteiger partial charge on any atom is -0.337 e. The van der Waals surface area contributed by atoms with Crippen molar-refractivity contribution >= 4 is 27.6 Å². The summed E-state index contributed by atoms with van der Waals surface area (Å²) >= 11 is 3.35. The molecule has 0 aromatic heterocycles. The zero-order chi connectivity index (χ0) is 11.3. The second-order valence-corrected chi connectivity index (χ2v) is 4.04. The molecule has 0 aliphatic carbocycles. The van der Waals surface area contributed by atoms with E-state index in [4.69, 9.17) is 5.73 Å². The van der Waals surface area contributed by atoms with Crippen LogP contribution >= 0.6 is 15.9 Å². The molecule has 82 valence electrons. The molecule has 15 heavy (non-hydrogen) atoms. The van der Waals surface area contributed by atoms with E-state index in [2.05, 4.69) is 26.6 Å². The molecule has 0 heterocycles. The van der Waals surface area contributed by atoms with E-state index in [1.54, 1.807) is 0 Å². The van der Waals surface area contributed by atoms with Gasteiger partial charge in [-0.3, -0.25) is 0 Å². The predicted molar refractivity (Wildman–Crippen MR) is 65.0 cm³/mol. The van der Waals surface area contributed by atoms with Gasteiger partial charge in [-0.1, -0.05) is 22.0 Å². The highest BCUT2D eigenvalue weighted by atomic mass is 79.9. The van der Waals surface area contributed by atoms with E-state index in [9.17, 15) is 4.79 Å². The van der Waals surface area contributed by atoms with Gasteiger partial charge in [-0.05, 0) is 24.6 Å². The molecule has 5 heteroatoms. The van der Waals surface area contributed by atoms with E-state index < -0.39 is 0 Å². The molecule has 0 unspecified atom stereocenters. The number of nitrogens with one attached hydrogen (secondary N) is 2. The van der Waals surface area contributed by atoms with Crippen LogP contribution in [0.1, 0.15) is 5.56 Å². The SMILES string of the molecule is Cc1ccc(Br)cc1NC(=O)NCCN. The fourth-order valence-electron chi connectivity index (χ4n) is 1.08. The largest absolute Gasteiger partial charge is 0.337 e. The van der Waals surface area contributed by atoms with Crippen molar-refractivity contribution in [3.63, 3.8) is 0 Å². The number of hydrogen-bond acceptors (Lipinski definition) is 2. The second-order valence-electron chi connectivity index (χ2n) is 3.13. The highest BCUT2D eigenvalue weighted by Crippen LogP contribution is 2.20. The smallest absolute Gasteiger partial charge is 0.319 e. The van der Waals surface area contributed by atoms with E-state index in [-0.39, 0.29) is 6.03 Å². The normalized spacial score (nSPS) is 9.80. The van der Waals surface area contributed by atoms with Crippen molar-refractivity contribution in [1.82, 2.24) is 5.32 Å². The monoisotopic (exact) mass is 271 g/mol. The van der Waals surface area contributed by atoms with Crippen LogP contribution in [0.2, 0.25) is 0 Å². The number of aryl methyl sites for hydroxylation is 1. The lowest BCUT2D eigenvalue weighted by atomic mass is 10.2. The quantitative estimate of drug-likeness (QED) is 0.786. The molecule has 0 radical (unpaired) electrons. The van der Waals surface area contributed by atoms with Crippen LogP contribution in [-0.2, 0) is 0 Å². The summed E-state index contributed by atoms with van der Waals surface area (Å²) in [6, 6.07) is 5.49. The van der Waals surface area contributed by atoms with Gasteiger partial charge in [0, 0.05) is 23.2 Å². The average molecular weight is 272 g/mol. The summed E-state index contributed by atoms with van der Waals surface area (Å²) in [5, 5.41) is 5.39. The third-order valence-corrected chi connectivity index (χ3v) is 2.37. The van der Waals surface area contributed by atoms with Crippen molar-refractivity contribution in [2.45, 2.75) is 6.92 Å². The maximum Gasteiger partial charge on any atom is 0.319 e. The average Bonchev–Trinajstić information content (AvgIpc) is 2.20.